The molecule has 0 radical (unpaired) electrons. The van der Waals surface area contributed by atoms with Crippen LogP contribution in [0.4, 0.5) is 5.82 Å². The highest BCUT2D eigenvalue weighted by Crippen LogP contribution is 2.40. The maximum atomic E-state index is 11.0. The molecule has 10 nitrogen and oxygen atoms in total. The van der Waals surface area contributed by atoms with Crippen LogP contribution in [0, 0.1) is 5.92 Å². The molecule has 0 fully saturated rings. The summed E-state index contributed by atoms with van der Waals surface area (Å²) in [6, 6.07) is 1.55. The normalized spacial score (nSPS) is 12.8. The molecule has 1 heterocycles. The average Bonchev–Trinajstić information content (AvgIpc) is 2.89. The van der Waals surface area contributed by atoms with E-state index in [1.807, 2.05) is 0 Å². The average molecular weight is 578 g/mol. The minimum atomic E-state index is -3.77. The molecule has 11 heteroatoms. The van der Waals surface area contributed by atoms with Crippen molar-refractivity contribution in [1.82, 2.24) is 9.55 Å². The van der Waals surface area contributed by atoms with E-state index >= 15 is 0 Å². The number of aliphatic hydroxyl groups is 2. The van der Waals surface area contributed by atoms with Gasteiger partial charge in [-0.2, -0.15) is 4.98 Å². The Hall–Kier alpha value is -1.29. The van der Waals surface area contributed by atoms with E-state index in [4.69, 9.17) is 30.1 Å². The molecule has 39 heavy (non-hydrogen) atoms. The fourth-order valence-corrected chi connectivity index (χ4v) is 4.38. The number of nitrogens with zero attached hydrogens (tertiary/aromatic N) is 2. The number of rotatable bonds is 24. The van der Waals surface area contributed by atoms with Crippen LogP contribution in [0.5, 0.6) is 0 Å². The molecule has 1 unspecified atom stereocenters. The molecule has 0 spiro atoms. The lowest BCUT2D eigenvalue weighted by atomic mass is 10.0. The van der Waals surface area contributed by atoms with E-state index in [9.17, 15) is 9.36 Å². The number of nitrogens with two attached hydrogens (primary N) is 1. The lowest BCUT2D eigenvalue weighted by Crippen LogP contribution is -2.23. The van der Waals surface area contributed by atoms with E-state index in [1.165, 1.54) is 81.6 Å². The third kappa shape index (κ3) is 25.4. The van der Waals surface area contributed by atoms with Crippen LogP contribution in [-0.4, -0.2) is 57.4 Å². The monoisotopic (exact) mass is 577 g/mol. The Kier molecular flexibility index (Phi) is 24.8. The van der Waals surface area contributed by atoms with Crippen LogP contribution < -0.4 is 11.4 Å². The number of anilines is 1. The first-order valence-electron chi connectivity index (χ1n) is 14.8. The van der Waals surface area contributed by atoms with Crippen molar-refractivity contribution in [3.05, 3.63) is 22.7 Å². The highest BCUT2D eigenvalue weighted by molar-refractivity contribution is 7.52. The Morgan fingerprint density at radius 1 is 0.872 bits per heavy atom. The Balaban J connectivity index is 0.000000992. The van der Waals surface area contributed by atoms with Crippen molar-refractivity contribution in [1.29, 1.82) is 0 Å². The molecule has 0 aliphatic carbocycles. The molecule has 0 bridgehead atoms. The number of nitrogen functional groups attached to an aromatic ring is 1. The Morgan fingerprint density at radius 2 is 1.41 bits per heavy atom. The summed E-state index contributed by atoms with van der Waals surface area (Å²) in [4.78, 5) is 23.6. The van der Waals surface area contributed by atoms with Crippen LogP contribution in [0.3, 0.4) is 0 Å². The van der Waals surface area contributed by atoms with Gasteiger partial charge in [-0.05, 0) is 31.2 Å². The largest absolute Gasteiger partial charge is 0.396 e. The van der Waals surface area contributed by atoms with Gasteiger partial charge >= 0.3 is 13.3 Å². The van der Waals surface area contributed by atoms with Gasteiger partial charge in [-0.25, -0.2) is 4.79 Å². The first-order chi connectivity index (χ1) is 18.7. The van der Waals surface area contributed by atoms with Gasteiger partial charge in [-0.1, -0.05) is 90.9 Å². The van der Waals surface area contributed by atoms with Crippen LogP contribution in [0.2, 0.25) is 0 Å². The zero-order valence-electron chi connectivity index (χ0n) is 24.5. The van der Waals surface area contributed by atoms with E-state index in [-0.39, 0.29) is 24.7 Å². The molecule has 0 saturated heterocycles. The van der Waals surface area contributed by atoms with Gasteiger partial charge in [0, 0.05) is 32.6 Å². The molecule has 0 amide bonds. The minimum absolute atomic E-state index is 0.0663. The maximum Gasteiger partial charge on any atom is 0.353 e. The van der Waals surface area contributed by atoms with E-state index in [0.717, 1.165) is 18.9 Å². The first kappa shape index (κ1) is 37.7. The quantitative estimate of drug-likeness (QED) is 0.0922. The van der Waals surface area contributed by atoms with Crippen LogP contribution >= 0.6 is 7.60 Å². The van der Waals surface area contributed by atoms with Crippen molar-refractivity contribution >= 4 is 13.4 Å². The molecule has 0 aliphatic rings. The standard InChI is InChI=1S/C21H45O5P.C7H11N3O2/c1-21(2)16-13-11-9-7-5-3-4-6-8-10-12-14-17-25-18-15-19-26-27(23,24)20-22;8-6-2-4-10(3-1-5-11)7(12)9-6/h21-22H,3-20H2,1-2H3,(H,23,24);2,4,11H,1,3,5H2,(H2,8,9,12). The summed E-state index contributed by atoms with van der Waals surface area (Å²) in [7, 11) is -3.77. The van der Waals surface area contributed by atoms with Crippen molar-refractivity contribution < 1.29 is 28.9 Å². The maximum absolute atomic E-state index is 11.0. The fraction of sp³-hybridized carbons (Fsp3) is 0.857. The van der Waals surface area contributed by atoms with Gasteiger partial charge in [0.1, 0.15) is 12.2 Å². The van der Waals surface area contributed by atoms with Gasteiger partial charge in [0.2, 0.25) is 0 Å². The van der Waals surface area contributed by atoms with Gasteiger partial charge in [0.05, 0.1) is 6.61 Å². The van der Waals surface area contributed by atoms with Gasteiger partial charge in [-0.15, -0.1) is 0 Å². The topological polar surface area (TPSA) is 157 Å². The van der Waals surface area contributed by atoms with E-state index in [1.54, 1.807) is 12.3 Å². The number of ether oxygens (including phenoxy) is 1. The summed E-state index contributed by atoms with van der Waals surface area (Å²) in [6.07, 6.45) is 19.3. The smallest absolute Gasteiger partial charge is 0.353 e. The Morgan fingerprint density at radius 3 is 1.92 bits per heavy atom. The third-order valence-electron chi connectivity index (χ3n) is 6.18. The second kappa shape index (κ2) is 25.7. The molecule has 0 aliphatic heterocycles. The zero-order chi connectivity index (χ0) is 29.2. The minimum Gasteiger partial charge on any atom is -0.396 e. The Labute approximate surface area is 235 Å². The van der Waals surface area contributed by atoms with Gasteiger partial charge in [0.15, 0.2) is 0 Å². The highest BCUT2D eigenvalue weighted by atomic mass is 31.2. The summed E-state index contributed by atoms with van der Waals surface area (Å²) < 4.78 is 22.6. The summed E-state index contributed by atoms with van der Waals surface area (Å²) in [6.45, 7) is 6.58. The predicted octanol–water partition coefficient (Wildman–Crippen LogP) is 5.48. The van der Waals surface area contributed by atoms with Crippen LogP contribution in [0.1, 0.15) is 110 Å². The summed E-state index contributed by atoms with van der Waals surface area (Å²) >= 11 is 0. The SMILES string of the molecule is CC(C)CCCCCCCCCCCCCCOCCCOP(=O)(O)CO.Nc1ccn(CCCO)c(=O)n1. The van der Waals surface area contributed by atoms with Crippen LogP contribution in [0.25, 0.3) is 0 Å². The number of unbranched alkanes of at least 4 members (excludes halogenated alkanes) is 11. The van der Waals surface area contributed by atoms with Gasteiger partial charge in [-0.3, -0.25) is 9.13 Å². The lowest BCUT2D eigenvalue weighted by Gasteiger charge is -2.09. The predicted molar refractivity (Wildman–Crippen MR) is 158 cm³/mol. The number of aryl methyl sites for hydroxylation is 1. The van der Waals surface area contributed by atoms with E-state index in [2.05, 4.69) is 18.8 Å². The fourth-order valence-electron chi connectivity index (χ4n) is 3.89. The van der Waals surface area contributed by atoms with Crippen LogP contribution in [0.15, 0.2) is 17.1 Å². The number of aliphatic hydroxyl groups excluding tert-OH is 2. The lowest BCUT2D eigenvalue weighted by molar-refractivity contribution is 0.112. The molecule has 1 atom stereocenters. The van der Waals surface area contributed by atoms with Gasteiger partial charge in [0.25, 0.3) is 0 Å². The summed E-state index contributed by atoms with van der Waals surface area (Å²) in [5.74, 6) is 1.08. The molecule has 1 aromatic heterocycles. The third-order valence-corrected chi connectivity index (χ3v) is 7.12. The van der Waals surface area contributed by atoms with Gasteiger partial charge < -0.3 is 30.1 Å². The molecule has 0 saturated carbocycles. The second-order valence-electron chi connectivity index (χ2n) is 10.4. The first-order valence-corrected chi connectivity index (χ1v) is 16.6. The molecule has 230 valence electrons. The zero-order valence-corrected chi connectivity index (χ0v) is 25.4. The molecule has 1 aromatic rings. The van der Waals surface area contributed by atoms with E-state index < -0.39 is 13.9 Å². The second-order valence-corrected chi connectivity index (χ2v) is 12.2. The van der Waals surface area contributed by atoms with Crippen molar-refractivity contribution in [2.24, 2.45) is 5.92 Å². The van der Waals surface area contributed by atoms with Crippen molar-refractivity contribution in [2.75, 3.05) is 38.5 Å². The summed E-state index contributed by atoms with van der Waals surface area (Å²) in [5, 5.41) is 17.1. The molecular formula is C28H56N3O7P. The molecule has 0 aromatic carbocycles. The number of aromatic nitrogens is 2. The highest BCUT2D eigenvalue weighted by Gasteiger charge is 2.16. The number of hydrogen-bond donors (Lipinski definition) is 4. The Bertz CT molecular complexity index is 793. The van der Waals surface area contributed by atoms with Crippen molar-refractivity contribution in [2.45, 2.75) is 117 Å². The van der Waals surface area contributed by atoms with E-state index in [0.29, 0.717) is 26.0 Å². The van der Waals surface area contributed by atoms with Crippen molar-refractivity contribution in [3.8, 4) is 0 Å². The van der Waals surface area contributed by atoms with Crippen LogP contribution in [-0.2, 0) is 20.4 Å². The van der Waals surface area contributed by atoms with Crippen molar-refractivity contribution in [3.63, 3.8) is 0 Å². The molecular weight excluding hydrogens is 521 g/mol. The molecule has 1 rings (SSSR count). The summed E-state index contributed by atoms with van der Waals surface area (Å²) in [5.41, 5.74) is 4.91. The molecule has 5 N–H and O–H groups in total. The number of hydrogen-bond acceptors (Lipinski definition) is 8.